The molecule has 2 N–H and O–H groups in total. The molecular weight excluding hydrogens is 567 g/mol. The highest BCUT2D eigenvalue weighted by molar-refractivity contribution is 14.1. The van der Waals surface area contributed by atoms with E-state index < -0.39 is 23.4 Å². The lowest BCUT2D eigenvalue weighted by Crippen LogP contribution is -2.27. The topological polar surface area (TPSA) is 102 Å². The van der Waals surface area contributed by atoms with Gasteiger partial charge in [0.2, 0.25) is 0 Å². The molecule has 0 saturated carbocycles. The molecule has 0 atom stereocenters. The van der Waals surface area contributed by atoms with Gasteiger partial charge in [0.05, 0.1) is 23.8 Å². The van der Waals surface area contributed by atoms with Gasteiger partial charge in [0, 0.05) is 20.4 Å². The van der Waals surface area contributed by atoms with Gasteiger partial charge in [0.25, 0.3) is 0 Å². The number of hydrogen-bond donors (Lipinski definition) is 2. The third kappa shape index (κ3) is 12.6. The standard InChI is InChI=1S/C10H13BrN2O2.C10H13IN2O2/c2*1-10(2,3)15-9(14)13-8-4-7(11)5-12-6-8/h2*4-6H,1-3H3,(H,13,14). The summed E-state index contributed by atoms with van der Waals surface area (Å²) in [6.45, 7) is 10.9. The number of nitrogens with zero attached hydrogens (tertiary/aromatic N) is 2. The maximum atomic E-state index is 11.4. The van der Waals surface area contributed by atoms with Crippen LogP contribution in [0.2, 0.25) is 0 Å². The van der Waals surface area contributed by atoms with Gasteiger partial charge in [-0.25, -0.2) is 9.59 Å². The van der Waals surface area contributed by atoms with E-state index >= 15 is 0 Å². The number of nitrogens with one attached hydrogen (secondary N) is 2. The first-order chi connectivity index (χ1) is 13.7. The molecule has 2 amide bonds. The van der Waals surface area contributed by atoms with Crippen LogP contribution in [0, 0.1) is 3.57 Å². The van der Waals surface area contributed by atoms with Crippen molar-refractivity contribution < 1.29 is 19.1 Å². The molecule has 30 heavy (non-hydrogen) atoms. The van der Waals surface area contributed by atoms with Gasteiger partial charge in [-0.15, -0.1) is 0 Å². The van der Waals surface area contributed by atoms with Gasteiger partial charge in [0.15, 0.2) is 0 Å². The summed E-state index contributed by atoms with van der Waals surface area (Å²) >= 11 is 5.38. The van der Waals surface area contributed by atoms with E-state index in [1.165, 1.54) is 0 Å². The average molecular weight is 593 g/mol. The fourth-order valence-corrected chi connectivity index (χ4v) is 2.66. The molecule has 0 aliphatic heterocycles. The Kier molecular flexibility index (Phi) is 9.95. The molecule has 0 saturated heterocycles. The van der Waals surface area contributed by atoms with E-state index in [1.807, 2.05) is 47.6 Å². The van der Waals surface area contributed by atoms with E-state index in [4.69, 9.17) is 9.47 Å². The first kappa shape index (κ1) is 26.1. The van der Waals surface area contributed by atoms with Crippen LogP contribution < -0.4 is 10.6 Å². The number of pyridine rings is 2. The number of amides is 2. The van der Waals surface area contributed by atoms with E-state index in [1.54, 1.807) is 30.9 Å². The Morgan fingerprint density at radius 2 is 1.27 bits per heavy atom. The molecular formula is C20H26BrIN4O4. The van der Waals surface area contributed by atoms with Crippen molar-refractivity contribution in [2.24, 2.45) is 0 Å². The second-order valence-electron chi connectivity index (χ2n) is 8.04. The number of rotatable bonds is 2. The quantitative estimate of drug-likeness (QED) is 0.401. The lowest BCUT2D eigenvalue weighted by molar-refractivity contribution is 0.0624. The summed E-state index contributed by atoms with van der Waals surface area (Å²) in [7, 11) is 0. The van der Waals surface area contributed by atoms with Gasteiger partial charge in [0.1, 0.15) is 11.2 Å². The van der Waals surface area contributed by atoms with Crippen LogP contribution in [-0.4, -0.2) is 33.4 Å². The van der Waals surface area contributed by atoms with Crippen LogP contribution in [0.15, 0.2) is 41.4 Å². The van der Waals surface area contributed by atoms with Gasteiger partial charge >= 0.3 is 12.2 Å². The van der Waals surface area contributed by atoms with Gasteiger partial charge in [-0.2, -0.15) is 0 Å². The molecule has 8 nitrogen and oxygen atoms in total. The second-order valence-corrected chi connectivity index (χ2v) is 10.2. The molecule has 2 aromatic heterocycles. The minimum atomic E-state index is -0.497. The molecule has 0 aromatic carbocycles. The van der Waals surface area contributed by atoms with Crippen molar-refractivity contribution >= 4 is 62.1 Å². The molecule has 0 unspecified atom stereocenters. The first-order valence-electron chi connectivity index (χ1n) is 8.94. The Hall–Kier alpha value is -1.95. The summed E-state index contributed by atoms with van der Waals surface area (Å²) in [5.74, 6) is 0. The van der Waals surface area contributed by atoms with Gasteiger partial charge in [-0.3, -0.25) is 20.6 Å². The Morgan fingerprint density at radius 3 is 1.67 bits per heavy atom. The first-order valence-corrected chi connectivity index (χ1v) is 10.8. The molecule has 0 spiro atoms. The molecule has 0 aliphatic carbocycles. The van der Waals surface area contributed by atoms with Crippen molar-refractivity contribution in [3.8, 4) is 0 Å². The van der Waals surface area contributed by atoms with Crippen molar-refractivity contribution in [3.63, 3.8) is 0 Å². The summed E-state index contributed by atoms with van der Waals surface area (Å²) in [5.41, 5.74) is 0.248. The van der Waals surface area contributed by atoms with Crippen LogP contribution in [0.25, 0.3) is 0 Å². The van der Waals surface area contributed by atoms with Gasteiger partial charge in [-0.05, 0) is 92.2 Å². The normalized spacial score (nSPS) is 10.9. The maximum absolute atomic E-state index is 11.4. The fraction of sp³-hybridized carbons (Fsp3) is 0.400. The van der Waals surface area contributed by atoms with Crippen molar-refractivity contribution in [2.45, 2.75) is 52.7 Å². The number of ether oxygens (including phenoxy) is 2. The summed E-state index contributed by atoms with van der Waals surface area (Å²) in [6.07, 6.45) is 5.52. The molecule has 164 valence electrons. The minimum Gasteiger partial charge on any atom is -0.444 e. The van der Waals surface area contributed by atoms with E-state index in [9.17, 15) is 9.59 Å². The molecule has 0 radical (unpaired) electrons. The number of aromatic nitrogens is 2. The molecule has 0 aliphatic rings. The van der Waals surface area contributed by atoms with Crippen LogP contribution in [0.1, 0.15) is 41.5 Å². The Bertz CT molecular complexity index is 795. The Labute approximate surface area is 198 Å². The van der Waals surface area contributed by atoms with Crippen molar-refractivity contribution in [3.05, 3.63) is 45.0 Å². The zero-order valence-corrected chi connectivity index (χ0v) is 21.5. The Morgan fingerprint density at radius 1 is 0.833 bits per heavy atom. The predicted octanol–water partition coefficient (Wildman–Crippen LogP) is 6.22. The highest BCUT2D eigenvalue weighted by atomic mass is 127. The number of carbonyl (C=O) groups excluding carboxylic acids is 2. The van der Waals surface area contributed by atoms with E-state index in [2.05, 4.69) is 59.1 Å². The average Bonchev–Trinajstić information content (AvgIpc) is 2.51. The SMILES string of the molecule is CC(C)(C)OC(=O)Nc1cncc(Br)c1.CC(C)(C)OC(=O)Nc1cncc(I)c1. The number of anilines is 2. The van der Waals surface area contributed by atoms with E-state index in [0.29, 0.717) is 11.4 Å². The van der Waals surface area contributed by atoms with Crippen molar-refractivity contribution in [2.75, 3.05) is 10.6 Å². The highest BCUT2D eigenvalue weighted by Crippen LogP contribution is 2.15. The zero-order chi connectivity index (χ0) is 22.9. The lowest BCUT2D eigenvalue weighted by Gasteiger charge is -2.19. The van der Waals surface area contributed by atoms with Crippen molar-refractivity contribution in [1.29, 1.82) is 0 Å². The van der Waals surface area contributed by atoms with Crippen LogP contribution >= 0.6 is 38.5 Å². The summed E-state index contributed by atoms with van der Waals surface area (Å²) in [5, 5.41) is 5.20. The predicted molar refractivity (Wildman–Crippen MR) is 129 cm³/mol. The monoisotopic (exact) mass is 592 g/mol. The molecule has 2 rings (SSSR count). The highest BCUT2D eigenvalue weighted by Gasteiger charge is 2.17. The lowest BCUT2D eigenvalue weighted by atomic mass is 10.2. The number of hydrogen-bond acceptors (Lipinski definition) is 6. The number of carbonyl (C=O) groups is 2. The molecule has 0 bridgehead atoms. The number of halogens is 2. The third-order valence-corrected chi connectivity index (χ3v) is 3.72. The summed E-state index contributed by atoms with van der Waals surface area (Å²) in [4.78, 5) is 30.6. The van der Waals surface area contributed by atoms with Crippen molar-refractivity contribution in [1.82, 2.24) is 9.97 Å². The third-order valence-electron chi connectivity index (χ3n) is 2.70. The maximum Gasteiger partial charge on any atom is 0.412 e. The van der Waals surface area contributed by atoms with Gasteiger partial charge < -0.3 is 9.47 Å². The fourth-order valence-electron chi connectivity index (χ4n) is 1.80. The molecule has 0 fully saturated rings. The minimum absolute atomic E-state index is 0.466. The molecule has 10 heteroatoms. The molecule has 2 aromatic rings. The summed E-state index contributed by atoms with van der Waals surface area (Å²) < 4.78 is 12.0. The Balaban J connectivity index is 0.000000300. The zero-order valence-electron chi connectivity index (χ0n) is 17.7. The van der Waals surface area contributed by atoms with E-state index in [0.717, 1.165) is 8.04 Å². The summed E-state index contributed by atoms with van der Waals surface area (Å²) in [6, 6.07) is 3.56. The van der Waals surface area contributed by atoms with Crippen LogP contribution in [0.3, 0.4) is 0 Å². The smallest absolute Gasteiger partial charge is 0.412 e. The largest absolute Gasteiger partial charge is 0.444 e. The molecule has 2 heterocycles. The van der Waals surface area contributed by atoms with E-state index in [-0.39, 0.29) is 0 Å². The van der Waals surface area contributed by atoms with Gasteiger partial charge in [-0.1, -0.05) is 0 Å². The van der Waals surface area contributed by atoms with Crippen LogP contribution in [0.4, 0.5) is 21.0 Å². The van der Waals surface area contributed by atoms with Crippen LogP contribution in [0.5, 0.6) is 0 Å². The second kappa shape index (κ2) is 11.4. The van der Waals surface area contributed by atoms with Crippen LogP contribution in [-0.2, 0) is 9.47 Å².